The Bertz CT molecular complexity index is 346. The van der Waals surface area contributed by atoms with Crippen LogP contribution in [0, 0.1) is 0 Å². The first-order valence-electron chi connectivity index (χ1n) is 5.23. The van der Waals surface area contributed by atoms with E-state index in [4.69, 9.17) is 9.47 Å². The van der Waals surface area contributed by atoms with Gasteiger partial charge in [0.25, 0.3) is 5.19 Å². The van der Waals surface area contributed by atoms with Gasteiger partial charge in [-0.1, -0.05) is 11.3 Å². The highest BCUT2D eigenvalue weighted by atomic mass is 32.1. The summed E-state index contributed by atoms with van der Waals surface area (Å²) in [7, 11) is 1.60. The molecule has 18 heavy (non-hydrogen) atoms. The quantitative estimate of drug-likeness (QED) is 0.735. The van der Waals surface area contributed by atoms with Crippen LogP contribution in [0.3, 0.4) is 0 Å². The van der Waals surface area contributed by atoms with Crippen LogP contribution in [0.25, 0.3) is 0 Å². The van der Waals surface area contributed by atoms with Crippen molar-refractivity contribution in [2.75, 3.05) is 26.9 Å². The first kappa shape index (κ1) is 15.1. The summed E-state index contributed by atoms with van der Waals surface area (Å²) in [5, 5.41) is 11.3. The van der Waals surface area contributed by atoms with Crippen molar-refractivity contribution in [1.82, 2.24) is 15.5 Å². The van der Waals surface area contributed by atoms with Crippen LogP contribution in [0.1, 0.15) is 11.4 Å². The monoisotopic (exact) mass is 285 g/mol. The molecule has 0 aliphatic heterocycles. The van der Waals surface area contributed by atoms with Gasteiger partial charge in [-0.2, -0.15) is 13.2 Å². The van der Waals surface area contributed by atoms with Crippen molar-refractivity contribution >= 4 is 11.3 Å². The predicted molar refractivity (Wildman–Crippen MR) is 59.7 cm³/mol. The molecule has 0 spiro atoms. The minimum atomic E-state index is -4.21. The molecule has 1 heterocycles. The molecule has 0 aliphatic rings. The van der Waals surface area contributed by atoms with Crippen LogP contribution in [0.15, 0.2) is 0 Å². The summed E-state index contributed by atoms with van der Waals surface area (Å²) in [6, 6.07) is 0. The first-order valence-corrected chi connectivity index (χ1v) is 6.04. The topological polar surface area (TPSA) is 56.3 Å². The predicted octanol–water partition coefficient (Wildman–Crippen LogP) is 1.61. The molecule has 0 aromatic carbocycles. The molecule has 104 valence electrons. The summed E-state index contributed by atoms with van der Waals surface area (Å²) >= 11 is 1.13. The fourth-order valence-electron chi connectivity index (χ4n) is 0.992. The Morgan fingerprint density at radius 1 is 1.28 bits per heavy atom. The van der Waals surface area contributed by atoms with Crippen molar-refractivity contribution < 1.29 is 22.6 Å². The molecule has 0 aliphatic carbocycles. The molecule has 0 radical (unpaired) electrons. The SMILES string of the molecule is COCCNCc1nnc(OCCC(F)(F)F)s1. The molecular weight excluding hydrogens is 271 g/mol. The molecule has 0 bridgehead atoms. The fourth-order valence-corrected chi connectivity index (χ4v) is 1.67. The van der Waals surface area contributed by atoms with Gasteiger partial charge in [-0.05, 0) is 0 Å². The molecule has 0 amide bonds. The van der Waals surface area contributed by atoms with Crippen LogP contribution in [0.4, 0.5) is 13.2 Å². The number of halogens is 3. The van der Waals surface area contributed by atoms with Crippen molar-refractivity contribution in [3.63, 3.8) is 0 Å². The third kappa shape index (κ3) is 6.72. The van der Waals surface area contributed by atoms with E-state index in [0.29, 0.717) is 24.7 Å². The number of hydrogen-bond donors (Lipinski definition) is 1. The standard InChI is InChI=1S/C9H14F3N3O2S/c1-16-5-3-13-6-7-14-15-8(18-7)17-4-2-9(10,11)12/h13H,2-6H2,1H3. The van der Waals surface area contributed by atoms with Gasteiger partial charge >= 0.3 is 6.18 Å². The maximum Gasteiger partial charge on any atom is 0.392 e. The van der Waals surface area contributed by atoms with Gasteiger partial charge in [0.15, 0.2) is 0 Å². The van der Waals surface area contributed by atoms with Crippen LogP contribution in [0.2, 0.25) is 0 Å². The second kappa shape index (κ2) is 7.49. The number of hydrogen-bond acceptors (Lipinski definition) is 6. The zero-order valence-corrected chi connectivity index (χ0v) is 10.6. The smallest absolute Gasteiger partial charge is 0.392 e. The van der Waals surface area contributed by atoms with E-state index in [-0.39, 0.29) is 5.19 Å². The third-order valence-corrected chi connectivity index (χ3v) is 2.65. The van der Waals surface area contributed by atoms with E-state index in [1.165, 1.54) is 0 Å². The lowest BCUT2D eigenvalue weighted by Crippen LogP contribution is -2.18. The van der Waals surface area contributed by atoms with E-state index < -0.39 is 19.2 Å². The Morgan fingerprint density at radius 3 is 2.72 bits per heavy atom. The summed E-state index contributed by atoms with van der Waals surface area (Å²) in [6.45, 7) is 1.30. The van der Waals surface area contributed by atoms with Crippen LogP contribution < -0.4 is 10.1 Å². The lowest BCUT2D eigenvalue weighted by molar-refractivity contribution is -0.139. The fraction of sp³-hybridized carbons (Fsp3) is 0.778. The number of aromatic nitrogens is 2. The van der Waals surface area contributed by atoms with E-state index in [0.717, 1.165) is 11.3 Å². The number of alkyl halides is 3. The molecule has 0 unspecified atom stereocenters. The normalized spacial score (nSPS) is 11.8. The van der Waals surface area contributed by atoms with Crippen molar-refractivity contribution in [1.29, 1.82) is 0 Å². The van der Waals surface area contributed by atoms with Gasteiger partial charge in [-0.25, -0.2) is 0 Å². The second-order valence-corrected chi connectivity index (χ2v) is 4.37. The van der Waals surface area contributed by atoms with Gasteiger partial charge in [-0.15, -0.1) is 10.2 Å². The van der Waals surface area contributed by atoms with E-state index in [1.54, 1.807) is 7.11 Å². The number of methoxy groups -OCH3 is 1. The minimum absolute atomic E-state index is 0.155. The molecule has 0 saturated carbocycles. The van der Waals surface area contributed by atoms with E-state index in [9.17, 15) is 13.2 Å². The van der Waals surface area contributed by atoms with Crippen LogP contribution in [0.5, 0.6) is 5.19 Å². The summed E-state index contributed by atoms with van der Waals surface area (Å²) < 4.78 is 45.3. The van der Waals surface area contributed by atoms with Gasteiger partial charge in [0, 0.05) is 20.2 Å². The van der Waals surface area contributed by atoms with Gasteiger partial charge in [0.05, 0.1) is 19.6 Å². The lowest BCUT2D eigenvalue weighted by atomic mass is 10.4. The highest BCUT2D eigenvalue weighted by Crippen LogP contribution is 2.22. The molecule has 5 nitrogen and oxygen atoms in total. The van der Waals surface area contributed by atoms with Gasteiger partial charge in [0.1, 0.15) is 5.01 Å². The highest BCUT2D eigenvalue weighted by Gasteiger charge is 2.27. The van der Waals surface area contributed by atoms with Crippen LogP contribution in [-0.2, 0) is 11.3 Å². The van der Waals surface area contributed by atoms with E-state index in [2.05, 4.69) is 15.5 Å². The second-order valence-electron chi connectivity index (χ2n) is 3.34. The summed E-state index contributed by atoms with van der Waals surface area (Å²) in [5.74, 6) is 0. The van der Waals surface area contributed by atoms with Gasteiger partial charge in [-0.3, -0.25) is 0 Å². The van der Waals surface area contributed by atoms with Crippen molar-refractivity contribution in [3.8, 4) is 5.19 Å². The molecule has 1 rings (SSSR count). The zero-order valence-electron chi connectivity index (χ0n) is 9.79. The summed E-state index contributed by atoms with van der Waals surface area (Å²) in [5.41, 5.74) is 0. The Morgan fingerprint density at radius 2 is 2.06 bits per heavy atom. The molecule has 1 N–H and O–H groups in total. The summed E-state index contributed by atoms with van der Waals surface area (Å²) in [6.07, 6.45) is -5.21. The Balaban J connectivity index is 2.21. The lowest BCUT2D eigenvalue weighted by Gasteiger charge is -2.05. The van der Waals surface area contributed by atoms with Crippen molar-refractivity contribution in [2.45, 2.75) is 19.1 Å². The Kier molecular flexibility index (Phi) is 6.30. The van der Waals surface area contributed by atoms with E-state index in [1.807, 2.05) is 0 Å². The maximum atomic E-state index is 11.9. The summed E-state index contributed by atoms with van der Waals surface area (Å²) in [4.78, 5) is 0. The molecular formula is C9H14F3N3O2S. The van der Waals surface area contributed by atoms with Crippen molar-refractivity contribution in [2.24, 2.45) is 0 Å². The van der Waals surface area contributed by atoms with Crippen LogP contribution >= 0.6 is 11.3 Å². The average molecular weight is 285 g/mol. The molecule has 9 heteroatoms. The third-order valence-electron chi connectivity index (χ3n) is 1.82. The van der Waals surface area contributed by atoms with Gasteiger partial charge < -0.3 is 14.8 Å². The van der Waals surface area contributed by atoms with Crippen LogP contribution in [-0.4, -0.2) is 43.2 Å². The molecule has 0 atom stereocenters. The Hall–Kier alpha value is -0.930. The van der Waals surface area contributed by atoms with E-state index >= 15 is 0 Å². The molecule has 0 fully saturated rings. The zero-order chi connectivity index (χ0) is 13.4. The van der Waals surface area contributed by atoms with Gasteiger partial charge in [0.2, 0.25) is 0 Å². The number of rotatable bonds is 8. The average Bonchev–Trinajstić information content (AvgIpc) is 2.71. The Labute approximate surface area is 106 Å². The highest BCUT2D eigenvalue weighted by molar-refractivity contribution is 7.13. The number of nitrogens with zero attached hydrogens (tertiary/aromatic N) is 2. The first-order chi connectivity index (χ1) is 8.51. The largest absolute Gasteiger partial charge is 0.469 e. The molecule has 0 saturated heterocycles. The number of nitrogens with one attached hydrogen (secondary N) is 1. The molecule has 1 aromatic rings. The maximum absolute atomic E-state index is 11.9. The minimum Gasteiger partial charge on any atom is -0.469 e. The number of ether oxygens (including phenoxy) is 2. The molecule has 1 aromatic heterocycles. The van der Waals surface area contributed by atoms with Crippen molar-refractivity contribution in [3.05, 3.63) is 5.01 Å².